The van der Waals surface area contributed by atoms with E-state index in [-0.39, 0.29) is 5.84 Å². The molecule has 0 aliphatic carbocycles. The van der Waals surface area contributed by atoms with Crippen LogP contribution in [0.5, 0.6) is 0 Å². The highest BCUT2D eigenvalue weighted by molar-refractivity contribution is 6.19. The Labute approximate surface area is 311 Å². The fourth-order valence-electron chi connectivity index (χ4n) is 7.67. The number of hydrogen-bond acceptors (Lipinski definition) is 1. The third kappa shape index (κ3) is 5.38. The fraction of sp³-hybridized carbons (Fsp3) is 0. The van der Waals surface area contributed by atoms with E-state index in [0.717, 1.165) is 49.9 Å². The molecule has 0 saturated heterocycles. The highest BCUT2D eigenvalue weighted by Gasteiger charge is 2.18. The van der Waals surface area contributed by atoms with Gasteiger partial charge in [-0.05, 0) is 83.1 Å². The summed E-state index contributed by atoms with van der Waals surface area (Å²) >= 11 is 0. The summed E-state index contributed by atoms with van der Waals surface area (Å²) in [6, 6.07) is 65.1. The molecule has 5 heteroatoms. The van der Waals surface area contributed by atoms with Crippen molar-refractivity contribution >= 4 is 72.3 Å². The van der Waals surface area contributed by atoms with Gasteiger partial charge in [-0.1, -0.05) is 121 Å². The molecule has 0 bridgehead atoms. The minimum atomic E-state index is 0.158. The monoisotopic (exact) mass is 691 g/mol. The zero-order valence-corrected chi connectivity index (χ0v) is 29.3. The summed E-state index contributed by atoms with van der Waals surface area (Å²) in [5, 5.41) is 16.0. The molecule has 0 amide bonds. The maximum Gasteiger partial charge on any atom is 0.161 e. The molecule has 0 saturated carbocycles. The van der Waals surface area contributed by atoms with Crippen molar-refractivity contribution in [3.8, 4) is 11.4 Å². The third-order valence-corrected chi connectivity index (χ3v) is 10.2. The number of amidine groups is 2. The molecule has 5 nitrogen and oxygen atoms in total. The van der Waals surface area contributed by atoms with E-state index in [2.05, 4.69) is 137 Å². The normalized spacial score (nSPS) is 12.2. The van der Waals surface area contributed by atoms with Crippen LogP contribution in [-0.4, -0.2) is 27.0 Å². The summed E-state index contributed by atoms with van der Waals surface area (Å²) in [6.07, 6.45) is 1.81. The van der Waals surface area contributed by atoms with E-state index in [1.807, 2.05) is 66.9 Å². The average molecular weight is 692 g/mol. The van der Waals surface area contributed by atoms with Crippen LogP contribution >= 0.6 is 0 Å². The van der Waals surface area contributed by atoms with Gasteiger partial charge >= 0.3 is 0 Å². The van der Waals surface area contributed by atoms with Crippen LogP contribution in [0.25, 0.3) is 65.8 Å². The van der Waals surface area contributed by atoms with Crippen LogP contribution in [0.1, 0.15) is 16.7 Å². The first-order chi connectivity index (χ1) is 26.7. The minimum Gasteiger partial charge on any atom is -0.309 e. The van der Waals surface area contributed by atoms with Gasteiger partial charge in [-0.25, -0.2) is 9.98 Å². The fourth-order valence-corrected chi connectivity index (χ4v) is 7.67. The molecule has 2 aromatic heterocycles. The number of nitrogens with zero attached hydrogens (tertiary/aromatic N) is 4. The van der Waals surface area contributed by atoms with Crippen LogP contribution in [-0.2, 0) is 0 Å². The van der Waals surface area contributed by atoms with Gasteiger partial charge in [0.05, 0.1) is 22.1 Å². The van der Waals surface area contributed by atoms with E-state index in [9.17, 15) is 0 Å². The standard InChI is InChI=1S/C49H33N5/c50-48(37-24-23-34-15-7-8-16-36(34)29-37)52-49(51-32-33-13-3-1-4-14-33)35-25-27-39(28-26-35)54-45-22-12-10-20-41(45)43-30-46-42(31-47(43)54)40-19-9-11-21-44(40)53(46)38-17-5-2-6-18-38/h1-32,50H. The van der Waals surface area contributed by atoms with Crippen molar-refractivity contribution in [2.75, 3.05) is 0 Å². The molecule has 0 aliphatic heterocycles. The summed E-state index contributed by atoms with van der Waals surface area (Å²) in [4.78, 5) is 9.66. The lowest BCUT2D eigenvalue weighted by atomic mass is 10.1. The van der Waals surface area contributed by atoms with Crippen LogP contribution in [0.2, 0.25) is 0 Å². The molecule has 0 radical (unpaired) electrons. The van der Waals surface area contributed by atoms with E-state index < -0.39 is 0 Å². The van der Waals surface area contributed by atoms with E-state index in [4.69, 9.17) is 15.4 Å². The molecule has 0 spiro atoms. The predicted octanol–water partition coefficient (Wildman–Crippen LogP) is 11.9. The Bertz CT molecular complexity index is 3090. The Balaban J connectivity index is 1.11. The molecule has 54 heavy (non-hydrogen) atoms. The largest absolute Gasteiger partial charge is 0.309 e. The van der Waals surface area contributed by atoms with Crippen molar-refractivity contribution < 1.29 is 0 Å². The molecule has 2 heterocycles. The van der Waals surface area contributed by atoms with Crippen molar-refractivity contribution in [1.82, 2.24) is 9.13 Å². The second-order valence-corrected chi connectivity index (χ2v) is 13.5. The first kappa shape index (κ1) is 31.4. The number of rotatable bonds is 5. The molecule has 10 rings (SSSR count). The molecular weight excluding hydrogens is 659 g/mol. The molecule has 1 N–H and O–H groups in total. The Kier molecular flexibility index (Phi) is 7.55. The molecule has 254 valence electrons. The van der Waals surface area contributed by atoms with Crippen LogP contribution in [0, 0.1) is 5.41 Å². The molecule has 0 unspecified atom stereocenters. The van der Waals surface area contributed by atoms with Gasteiger partial charge in [-0.15, -0.1) is 0 Å². The second-order valence-electron chi connectivity index (χ2n) is 13.5. The molecule has 10 aromatic rings. The minimum absolute atomic E-state index is 0.158. The molecule has 8 aromatic carbocycles. The smallest absolute Gasteiger partial charge is 0.161 e. The Hall–Kier alpha value is -7.37. The van der Waals surface area contributed by atoms with Gasteiger partial charge in [0, 0.05) is 50.3 Å². The van der Waals surface area contributed by atoms with Gasteiger partial charge in [0.1, 0.15) is 0 Å². The zero-order chi connectivity index (χ0) is 36.0. The van der Waals surface area contributed by atoms with E-state index in [1.54, 1.807) is 0 Å². The Morgan fingerprint density at radius 1 is 0.426 bits per heavy atom. The second kappa shape index (κ2) is 13.0. The van der Waals surface area contributed by atoms with Gasteiger partial charge < -0.3 is 9.13 Å². The van der Waals surface area contributed by atoms with Crippen LogP contribution in [0.15, 0.2) is 198 Å². The predicted molar refractivity (Wildman–Crippen MR) is 226 cm³/mol. The lowest BCUT2D eigenvalue weighted by Gasteiger charge is -2.10. The average Bonchev–Trinajstić information content (AvgIpc) is 3.74. The highest BCUT2D eigenvalue weighted by Crippen LogP contribution is 2.39. The lowest BCUT2D eigenvalue weighted by molar-refractivity contribution is 1.17. The number of aliphatic imine (C=N–C) groups is 2. The van der Waals surface area contributed by atoms with E-state index >= 15 is 0 Å². The molecule has 0 aliphatic rings. The molecule has 0 fully saturated rings. The van der Waals surface area contributed by atoms with Crippen molar-refractivity contribution in [3.63, 3.8) is 0 Å². The number of fused-ring (bicyclic) bond motifs is 7. The summed E-state index contributed by atoms with van der Waals surface area (Å²) in [5.41, 5.74) is 9.34. The van der Waals surface area contributed by atoms with Crippen molar-refractivity contribution in [1.29, 1.82) is 5.41 Å². The van der Waals surface area contributed by atoms with Gasteiger partial charge in [-0.2, -0.15) is 0 Å². The van der Waals surface area contributed by atoms with Crippen molar-refractivity contribution in [3.05, 3.63) is 205 Å². The highest BCUT2D eigenvalue weighted by atomic mass is 15.0. The summed E-state index contributed by atoms with van der Waals surface area (Å²) in [7, 11) is 0. The quantitative estimate of drug-likeness (QED) is 0.138. The number of aromatic nitrogens is 2. The Morgan fingerprint density at radius 3 is 1.59 bits per heavy atom. The van der Waals surface area contributed by atoms with E-state index in [1.165, 1.54) is 32.6 Å². The number of nitrogens with one attached hydrogen (secondary N) is 1. The summed E-state index contributed by atoms with van der Waals surface area (Å²) in [5.74, 6) is 0.632. The van der Waals surface area contributed by atoms with Gasteiger partial charge in [-0.3, -0.25) is 5.41 Å². The zero-order valence-electron chi connectivity index (χ0n) is 29.3. The van der Waals surface area contributed by atoms with Gasteiger partial charge in [0.15, 0.2) is 11.7 Å². The molecular formula is C49H33N5. The topological polar surface area (TPSA) is 58.4 Å². The van der Waals surface area contributed by atoms with Crippen LogP contribution < -0.4 is 0 Å². The lowest BCUT2D eigenvalue weighted by Crippen LogP contribution is -2.05. The van der Waals surface area contributed by atoms with E-state index in [0.29, 0.717) is 5.84 Å². The van der Waals surface area contributed by atoms with Crippen LogP contribution in [0.3, 0.4) is 0 Å². The number of benzene rings is 8. The van der Waals surface area contributed by atoms with Gasteiger partial charge in [0.2, 0.25) is 0 Å². The van der Waals surface area contributed by atoms with Crippen molar-refractivity contribution in [2.45, 2.75) is 0 Å². The number of hydrogen-bond donors (Lipinski definition) is 1. The first-order valence-corrected chi connectivity index (χ1v) is 18.1. The summed E-state index contributed by atoms with van der Waals surface area (Å²) < 4.78 is 4.72. The SMILES string of the molecule is N=C(N=C(N=Cc1ccccc1)c1ccc(-n2c3ccccc3c3cc4c(cc32)c2ccccc2n4-c2ccccc2)cc1)c1ccc2ccccc2c1. The first-order valence-electron chi connectivity index (χ1n) is 18.1. The number of para-hydroxylation sites is 3. The van der Waals surface area contributed by atoms with Crippen molar-refractivity contribution in [2.24, 2.45) is 9.98 Å². The maximum atomic E-state index is 9.02. The van der Waals surface area contributed by atoms with Gasteiger partial charge in [0.25, 0.3) is 0 Å². The molecule has 0 atom stereocenters. The third-order valence-electron chi connectivity index (χ3n) is 10.2. The van der Waals surface area contributed by atoms with Crippen LogP contribution in [0.4, 0.5) is 0 Å². The summed E-state index contributed by atoms with van der Waals surface area (Å²) in [6.45, 7) is 0. The Morgan fingerprint density at radius 2 is 0.944 bits per heavy atom. The maximum absolute atomic E-state index is 9.02.